The van der Waals surface area contributed by atoms with Crippen LogP contribution in [0.15, 0.2) is 30.4 Å². The summed E-state index contributed by atoms with van der Waals surface area (Å²) >= 11 is 0. The molecular formula is C20H26O2. The number of methoxy groups -OCH3 is 1. The Morgan fingerprint density at radius 1 is 1.27 bits per heavy atom. The summed E-state index contributed by atoms with van der Waals surface area (Å²) in [5, 5.41) is 10.5. The minimum atomic E-state index is -0.235. The smallest absolute Gasteiger partial charge is 0.119 e. The fourth-order valence-electron chi connectivity index (χ4n) is 5.58. The molecule has 0 spiro atoms. The van der Waals surface area contributed by atoms with Gasteiger partial charge in [-0.2, -0.15) is 0 Å². The number of hydrogen-bond donors (Lipinski definition) is 1. The largest absolute Gasteiger partial charge is 0.497 e. The molecule has 1 aromatic carbocycles. The third-order valence-electron chi connectivity index (χ3n) is 6.81. The van der Waals surface area contributed by atoms with Crippen LogP contribution in [0.3, 0.4) is 0 Å². The molecule has 5 atom stereocenters. The summed E-state index contributed by atoms with van der Waals surface area (Å²) in [6.07, 6.45) is 10.0. The van der Waals surface area contributed by atoms with Crippen molar-refractivity contribution < 1.29 is 9.84 Å². The van der Waals surface area contributed by atoms with Gasteiger partial charge in [0.1, 0.15) is 5.75 Å². The molecule has 1 fully saturated rings. The molecule has 2 heteroatoms. The van der Waals surface area contributed by atoms with Crippen LogP contribution < -0.4 is 4.74 Å². The highest BCUT2D eigenvalue weighted by molar-refractivity contribution is 5.41. The van der Waals surface area contributed by atoms with Crippen molar-refractivity contribution in [2.45, 2.75) is 51.0 Å². The Labute approximate surface area is 133 Å². The van der Waals surface area contributed by atoms with Crippen LogP contribution in [-0.4, -0.2) is 18.3 Å². The van der Waals surface area contributed by atoms with Crippen LogP contribution >= 0.6 is 0 Å². The molecule has 22 heavy (non-hydrogen) atoms. The highest BCUT2D eigenvalue weighted by atomic mass is 16.5. The summed E-state index contributed by atoms with van der Waals surface area (Å²) in [4.78, 5) is 0. The lowest BCUT2D eigenvalue weighted by Gasteiger charge is -2.51. The van der Waals surface area contributed by atoms with E-state index in [1.165, 1.54) is 24.0 Å². The van der Waals surface area contributed by atoms with Gasteiger partial charge in [-0.05, 0) is 73.1 Å². The molecule has 0 aliphatic heterocycles. The van der Waals surface area contributed by atoms with E-state index in [1.807, 2.05) is 0 Å². The fourth-order valence-corrected chi connectivity index (χ4v) is 5.58. The maximum atomic E-state index is 10.5. The number of aliphatic hydroxyl groups excluding tert-OH is 1. The molecule has 3 aliphatic rings. The number of ether oxygens (including phenoxy) is 1. The zero-order valence-corrected chi connectivity index (χ0v) is 13.6. The molecule has 0 heterocycles. The number of hydrogen-bond acceptors (Lipinski definition) is 2. The second-order valence-electron chi connectivity index (χ2n) is 7.35. The van der Waals surface area contributed by atoms with Crippen molar-refractivity contribution >= 4 is 0 Å². The second-order valence-corrected chi connectivity index (χ2v) is 7.35. The van der Waals surface area contributed by atoms with Crippen LogP contribution in [0.5, 0.6) is 5.75 Å². The Morgan fingerprint density at radius 3 is 2.91 bits per heavy atom. The van der Waals surface area contributed by atoms with Gasteiger partial charge in [0.25, 0.3) is 0 Å². The van der Waals surface area contributed by atoms with Gasteiger partial charge in [-0.3, -0.25) is 0 Å². The quantitative estimate of drug-likeness (QED) is 0.834. The predicted molar refractivity (Wildman–Crippen MR) is 88.1 cm³/mol. The Morgan fingerprint density at radius 2 is 2.14 bits per heavy atom. The minimum Gasteiger partial charge on any atom is -0.497 e. The number of benzene rings is 1. The molecule has 0 radical (unpaired) electrons. The second kappa shape index (κ2) is 5.13. The Kier molecular flexibility index (Phi) is 3.34. The number of rotatable bonds is 2. The first kappa shape index (κ1) is 14.3. The van der Waals surface area contributed by atoms with Crippen LogP contribution in [-0.2, 0) is 6.42 Å². The summed E-state index contributed by atoms with van der Waals surface area (Å²) in [7, 11) is 1.74. The molecule has 0 bridgehead atoms. The van der Waals surface area contributed by atoms with Gasteiger partial charge in [-0.25, -0.2) is 0 Å². The van der Waals surface area contributed by atoms with Gasteiger partial charge in [0, 0.05) is 5.41 Å². The van der Waals surface area contributed by atoms with Crippen molar-refractivity contribution in [2.75, 3.05) is 7.11 Å². The Balaban J connectivity index is 1.70. The van der Waals surface area contributed by atoms with Gasteiger partial charge in [0.2, 0.25) is 0 Å². The third-order valence-corrected chi connectivity index (χ3v) is 6.81. The first-order valence-electron chi connectivity index (χ1n) is 8.73. The lowest BCUT2D eigenvalue weighted by molar-refractivity contribution is -0.0273. The van der Waals surface area contributed by atoms with Gasteiger partial charge in [0.05, 0.1) is 13.2 Å². The average Bonchev–Trinajstić information content (AvgIpc) is 2.91. The van der Waals surface area contributed by atoms with E-state index in [4.69, 9.17) is 4.74 Å². The van der Waals surface area contributed by atoms with Gasteiger partial charge < -0.3 is 9.84 Å². The zero-order chi connectivity index (χ0) is 15.3. The molecule has 1 aromatic rings. The van der Waals surface area contributed by atoms with E-state index in [1.54, 1.807) is 7.11 Å². The van der Waals surface area contributed by atoms with Crippen molar-refractivity contribution in [1.82, 2.24) is 0 Å². The van der Waals surface area contributed by atoms with Crippen molar-refractivity contribution in [3.63, 3.8) is 0 Å². The predicted octanol–water partition coefficient (Wildman–Crippen LogP) is 4.08. The maximum absolute atomic E-state index is 10.5. The monoisotopic (exact) mass is 298 g/mol. The van der Waals surface area contributed by atoms with E-state index >= 15 is 0 Å². The number of aryl methyl sites for hydroxylation is 1. The number of aliphatic hydroxyl groups is 1. The first-order chi connectivity index (χ1) is 10.7. The van der Waals surface area contributed by atoms with Gasteiger partial charge >= 0.3 is 0 Å². The summed E-state index contributed by atoms with van der Waals surface area (Å²) in [6, 6.07) is 6.63. The summed E-state index contributed by atoms with van der Waals surface area (Å²) in [6.45, 7) is 2.26. The highest BCUT2D eigenvalue weighted by Crippen LogP contribution is 2.60. The van der Waals surface area contributed by atoms with Crippen molar-refractivity contribution in [2.24, 2.45) is 17.3 Å². The lowest BCUT2D eigenvalue weighted by Crippen LogP contribution is -2.46. The topological polar surface area (TPSA) is 29.5 Å². The lowest BCUT2D eigenvalue weighted by atomic mass is 9.54. The minimum absolute atomic E-state index is 0.116. The molecule has 3 aliphatic carbocycles. The van der Waals surface area contributed by atoms with E-state index in [2.05, 4.69) is 37.3 Å². The van der Waals surface area contributed by atoms with Gasteiger partial charge in [0.15, 0.2) is 0 Å². The van der Waals surface area contributed by atoms with Crippen LogP contribution in [0.4, 0.5) is 0 Å². The molecule has 0 saturated heterocycles. The molecule has 118 valence electrons. The van der Waals surface area contributed by atoms with Crippen LogP contribution in [0.1, 0.15) is 49.7 Å². The van der Waals surface area contributed by atoms with E-state index in [0.29, 0.717) is 17.8 Å². The van der Waals surface area contributed by atoms with E-state index < -0.39 is 0 Å². The van der Waals surface area contributed by atoms with Crippen LogP contribution in [0.2, 0.25) is 0 Å². The molecule has 4 rings (SSSR count). The van der Waals surface area contributed by atoms with E-state index in [0.717, 1.165) is 25.0 Å². The van der Waals surface area contributed by atoms with Crippen LogP contribution in [0.25, 0.3) is 0 Å². The SMILES string of the molecule is CC[C@]12CC[C@@H]3c4ccc(OC)cc4CC[C@H]3[C@@H]1C=C[C@H]2O. The van der Waals surface area contributed by atoms with Crippen molar-refractivity contribution in [3.05, 3.63) is 41.5 Å². The number of allylic oxidation sites excluding steroid dienone is 1. The van der Waals surface area contributed by atoms with Gasteiger partial charge in [-0.1, -0.05) is 25.1 Å². The molecular weight excluding hydrogens is 272 g/mol. The average molecular weight is 298 g/mol. The van der Waals surface area contributed by atoms with Gasteiger partial charge in [-0.15, -0.1) is 0 Å². The summed E-state index contributed by atoms with van der Waals surface area (Å²) < 4.78 is 5.39. The molecule has 0 aromatic heterocycles. The highest BCUT2D eigenvalue weighted by Gasteiger charge is 2.53. The third kappa shape index (κ3) is 1.83. The standard InChI is InChI=1S/C20H26O2/c1-3-20-11-10-16-15-7-5-14(22-2)12-13(15)4-6-17(16)18(20)8-9-19(20)21/h5,7-9,12,16-19,21H,3-4,6,10-11H2,1-2H3/t16-,17-,18+,19-,20+/m1/s1. The summed E-state index contributed by atoms with van der Waals surface area (Å²) in [5.74, 6) is 2.89. The molecule has 1 N–H and O–H groups in total. The summed E-state index contributed by atoms with van der Waals surface area (Å²) in [5.41, 5.74) is 3.13. The van der Waals surface area contributed by atoms with Crippen molar-refractivity contribution in [1.29, 1.82) is 0 Å². The molecule has 2 nitrogen and oxygen atoms in total. The van der Waals surface area contributed by atoms with E-state index in [-0.39, 0.29) is 11.5 Å². The molecule has 1 saturated carbocycles. The Bertz CT molecular complexity index is 606. The van der Waals surface area contributed by atoms with Crippen molar-refractivity contribution in [3.8, 4) is 5.75 Å². The van der Waals surface area contributed by atoms with Crippen LogP contribution in [0, 0.1) is 17.3 Å². The van der Waals surface area contributed by atoms with E-state index in [9.17, 15) is 5.11 Å². The molecule has 0 amide bonds. The fraction of sp³-hybridized carbons (Fsp3) is 0.600. The zero-order valence-electron chi connectivity index (χ0n) is 13.6. The molecule has 0 unspecified atom stereocenters. The normalized spacial score (nSPS) is 39.0. The first-order valence-corrected chi connectivity index (χ1v) is 8.73. The maximum Gasteiger partial charge on any atom is 0.119 e. The number of fused-ring (bicyclic) bond motifs is 5. The Hall–Kier alpha value is -1.28.